The Morgan fingerprint density at radius 2 is 1.79 bits per heavy atom. The average Bonchev–Trinajstić information content (AvgIpc) is 2.33. The molecule has 19 heavy (non-hydrogen) atoms. The van der Waals surface area contributed by atoms with Gasteiger partial charge >= 0.3 is 6.18 Å². The number of aromatic nitrogens is 1. The van der Waals surface area contributed by atoms with Gasteiger partial charge in [0, 0.05) is 5.69 Å². The first kappa shape index (κ1) is 13.2. The highest BCUT2D eigenvalue weighted by Crippen LogP contribution is 2.36. The van der Waals surface area contributed by atoms with Crippen LogP contribution in [0.25, 0.3) is 0 Å². The molecule has 1 aromatic carbocycles. The Morgan fingerprint density at radius 1 is 1.11 bits per heavy atom. The molecule has 3 nitrogen and oxygen atoms in total. The van der Waals surface area contributed by atoms with Gasteiger partial charge in [-0.15, -0.1) is 0 Å². The highest BCUT2D eigenvalue weighted by molar-refractivity contribution is 5.70. The summed E-state index contributed by atoms with van der Waals surface area (Å²) in [5, 5.41) is 2.63. The monoisotopic (exact) mass is 267 g/mol. The number of nitrogens with one attached hydrogen (secondary N) is 1. The number of pyridine rings is 1. The third kappa shape index (κ3) is 2.96. The van der Waals surface area contributed by atoms with Crippen LogP contribution in [0.15, 0.2) is 36.4 Å². The zero-order valence-electron chi connectivity index (χ0n) is 10.1. The van der Waals surface area contributed by atoms with Gasteiger partial charge in [-0.1, -0.05) is 12.1 Å². The Labute approximate surface area is 108 Å². The van der Waals surface area contributed by atoms with Crippen molar-refractivity contribution in [3.63, 3.8) is 0 Å². The van der Waals surface area contributed by atoms with Crippen molar-refractivity contribution in [3.05, 3.63) is 47.7 Å². The van der Waals surface area contributed by atoms with Crippen LogP contribution in [-0.4, -0.2) is 4.98 Å². The van der Waals surface area contributed by atoms with Gasteiger partial charge in [-0.25, -0.2) is 4.98 Å². The second-order valence-corrected chi connectivity index (χ2v) is 4.06. The van der Waals surface area contributed by atoms with E-state index in [0.717, 1.165) is 6.07 Å². The van der Waals surface area contributed by atoms with Crippen molar-refractivity contribution in [3.8, 4) is 0 Å². The van der Waals surface area contributed by atoms with Crippen molar-refractivity contribution in [2.24, 2.45) is 0 Å². The van der Waals surface area contributed by atoms with Crippen LogP contribution in [-0.2, 0) is 6.18 Å². The summed E-state index contributed by atoms with van der Waals surface area (Å²) in [6.07, 6.45) is -4.43. The summed E-state index contributed by atoms with van der Waals surface area (Å²) < 4.78 is 38.5. The van der Waals surface area contributed by atoms with Gasteiger partial charge in [0.1, 0.15) is 0 Å². The fraction of sp³-hybridized carbons (Fsp3) is 0.154. The maximum atomic E-state index is 12.8. The molecule has 0 aliphatic carbocycles. The number of benzene rings is 1. The molecule has 3 N–H and O–H groups in total. The van der Waals surface area contributed by atoms with E-state index in [-0.39, 0.29) is 11.5 Å². The lowest BCUT2D eigenvalue weighted by Gasteiger charge is -2.15. The molecule has 6 heteroatoms. The number of nitrogen functional groups attached to an aromatic ring is 1. The van der Waals surface area contributed by atoms with Crippen LogP contribution in [0.1, 0.15) is 11.3 Å². The van der Waals surface area contributed by atoms with E-state index < -0.39 is 11.7 Å². The number of hydrogen-bond donors (Lipinski definition) is 2. The van der Waals surface area contributed by atoms with E-state index in [1.54, 1.807) is 19.1 Å². The smallest absolute Gasteiger partial charge is 0.396 e. The lowest BCUT2D eigenvalue weighted by molar-refractivity contribution is -0.136. The van der Waals surface area contributed by atoms with E-state index in [1.165, 1.54) is 18.2 Å². The molecule has 100 valence electrons. The second kappa shape index (κ2) is 4.79. The number of hydrogen-bond acceptors (Lipinski definition) is 3. The first-order chi connectivity index (χ1) is 8.88. The minimum Gasteiger partial charge on any atom is -0.396 e. The van der Waals surface area contributed by atoms with Crippen molar-refractivity contribution >= 4 is 17.2 Å². The third-order valence-electron chi connectivity index (χ3n) is 2.55. The van der Waals surface area contributed by atoms with Gasteiger partial charge in [0.25, 0.3) is 0 Å². The van der Waals surface area contributed by atoms with Gasteiger partial charge < -0.3 is 11.1 Å². The Balaban J connectivity index is 2.41. The number of para-hydroxylation sites is 1. The Morgan fingerprint density at radius 3 is 2.47 bits per heavy atom. The first-order valence-corrected chi connectivity index (χ1v) is 5.54. The Hall–Kier alpha value is -2.24. The van der Waals surface area contributed by atoms with E-state index in [0.29, 0.717) is 11.4 Å². The van der Waals surface area contributed by atoms with E-state index >= 15 is 0 Å². The fourth-order valence-corrected chi connectivity index (χ4v) is 1.63. The van der Waals surface area contributed by atoms with Gasteiger partial charge in [-0.3, -0.25) is 0 Å². The number of rotatable bonds is 2. The predicted molar refractivity (Wildman–Crippen MR) is 68.1 cm³/mol. The SMILES string of the molecule is Cc1ccc(N)c(Nc2ccccc2C(F)(F)F)n1. The quantitative estimate of drug-likeness (QED) is 0.871. The van der Waals surface area contributed by atoms with Gasteiger partial charge in [-0.2, -0.15) is 13.2 Å². The fourth-order valence-electron chi connectivity index (χ4n) is 1.63. The van der Waals surface area contributed by atoms with Crippen LogP contribution < -0.4 is 11.1 Å². The van der Waals surface area contributed by atoms with Gasteiger partial charge in [-0.05, 0) is 31.2 Å². The summed E-state index contributed by atoms with van der Waals surface area (Å²) in [4.78, 5) is 4.09. The van der Waals surface area contributed by atoms with Crippen LogP contribution in [0.5, 0.6) is 0 Å². The van der Waals surface area contributed by atoms with Crippen molar-refractivity contribution in [2.75, 3.05) is 11.1 Å². The minimum absolute atomic E-state index is 0.0696. The van der Waals surface area contributed by atoms with Crippen LogP contribution >= 0.6 is 0 Å². The largest absolute Gasteiger partial charge is 0.418 e. The molecule has 2 rings (SSSR count). The maximum absolute atomic E-state index is 12.8. The average molecular weight is 267 g/mol. The lowest BCUT2D eigenvalue weighted by atomic mass is 10.1. The molecule has 0 fully saturated rings. The van der Waals surface area contributed by atoms with Crippen LogP contribution in [0.2, 0.25) is 0 Å². The van der Waals surface area contributed by atoms with Crippen LogP contribution in [0, 0.1) is 6.92 Å². The summed E-state index contributed by atoms with van der Waals surface area (Å²) in [7, 11) is 0. The number of alkyl halides is 3. The topological polar surface area (TPSA) is 50.9 Å². The first-order valence-electron chi connectivity index (χ1n) is 5.54. The molecule has 0 bridgehead atoms. The normalized spacial score (nSPS) is 11.4. The van der Waals surface area contributed by atoms with Crippen molar-refractivity contribution < 1.29 is 13.2 Å². The molecule has 0 amide bonds. The molecule has 0 saturated heterocycles. The van der Waals surface area contributed by atoms with Crippen molar-refractivity contribution in [1.82, 2.24) is 4.98 Å². The summed E-state index contributed by atoms with van der Waals surface area (Å²) >= 11 is 0. The Kier molecular flexibility index (Phi) is 3.33. The number of nitrogens with two attached hydrogens (primary N) is 1. The molecule has 0 spiro atoms. The molecular formula is C13H12F3N3. The summed E-state index contributed by atoms with van der Waals surface area (Å²) in [5.41, 5.74) is 5.83. The molecule has 1 heterocycles. The molecule has 0 saturated carbocycles. The van der Waals surface area contributed by atoms with E-state index in [4.69, 9.17) is 5.73 Å². The maximum Gasteiger partial charge on any atom is 0.418 e. The van der Waals surface area contributed by atoms with E-state index in [1.807, 2.05) is 0 Å². The zero-order chi connectivity index (χ0) is 14.0. The van der Waals surface area contributed by atoms with Crippen LogP contribution in [0.3, 0.4) is 0 Å². The van der Waals surface area contributed by atoms with Crippen molar-refractivity contribution in [2.45, 2.75) is 13.1 Å². The van der Waals surface area contributed by atoms with Gasteiger partial charge in [0.05, 0.1) is 16.9 Å². The number of halogens is 3. The second-order valence-electron chi connectivity index (χ2n) is 4.06. The molecule has 2 aromatic rings. The van der Waals surface area contributed by atoms with Crippen LogP contribution in [0.4, 0.5) is 30.4 Å². The summed E-state index contributed by atoms with van der Waals surface area (Å²) in [6.45, 7) is 1.74. The highest BCUT2D eigenvalue weighted by atomic mass is 19.4. The van der Waals surface area contributed by atoms with Crippen molar-refractivity contribution in [1.29, 1.82) is 0 Å². The van der Waals surface area contributed by atoms with E-state index in [2.05, 4.69) is 10.3 Å². The lowest BCUT2D eigenvalue weighted by Crippen LogP contribution is -2.10. The van der Waals surface area contributed by atoms with Gasteiger partial charge in [0.2, 0.25) is 0 Å². The Bertz CT molecular complexity index is 594. The highest BCUT2D eigenvalue weighted by Gasteiger charge is 2.33. The molecule has 1 aromatic heterocycles. The van der Waals surface area contributed by atoms with E-state index in [9.17, 15) is 13.2 Å². The molecule has 0 atom stereocenters. The third-order valence-corrected chi connectivity index (χ3v) is 2.55. The number of nitrogens with zero attached hydrogens (tertiary/aromatic N) is 1. The molecular weight excluding hydrogens is 255 g/mol. The molecule has 0 radical (unpaired) electrons. The molecule has 0 aliphatic rings. The zero-order valence-corrected chi connectivity index (χ0v) is 10.1. The summed E-state index contributed by atoms with van der Waals surface area (Å²) in [5.74, 6) is 0.219. The standard InChI is InChI=1S/C13H12F3N3/c1-8-6-7-10(17)12(18-8)19-11-5-3-2-4-9(11)13(14,15)16/h2-7H,17H2,1H3,(H,18,19). The number of anilines is 3. The minimum atomic E-state index is -4.43. The molecule has 0 aliphatic heterocycles. The number of aryl methyl sites for hydroxylation is 1. The van der Waals surface area contributed by atoms with Gasteiger partial charge in [0.15, 0.2) is 5.82 Å². The summed E-state index contributed by atoms with van der Waals surface area (Å²) in [6, 6.07) is 8.49. The molecule has 0 unspecified atom stereocenters. The predicted octanol–water partition coefficient (Wildman–Crippen LogP) is 3.73.